The lowest BCUT2D eigenvalue weighted by Crippen LogP contribution is -2.36. The number of ether oxygens (including phenoxy) is 2. The number of benzene rings is 5. The predicted octanol–water partition coefficient (Wildman–Crippen LogP) is 6.87. The molecule has 0 aliphatic carbocycles. The fourth-order valence-electron chi connectivity index (χ4n) is 4.59. The van der Waals surface area contributed by atoms with Crippen molar-refractivity contribution < 1.29 is 17.9 Å². The quantitative estimate of drug-likeness (QED) is 0.169. The zero-order valence-electron chi connectivity index (χ0n) is 23.4. The Morgan fingerprint density at radius 1 is 0.643 bits per heavy atom. The van der Waals surface area contributed by atoms with Crippen molar-refractivity contribution in [3.8, 4) is 11.5 Å². The van der Waals surface area contributed by atoms with E-state index in [-0.39, 0.29) is 4.90 Å². The van der Waals surface area contributed by atoms with Crippen molar-refractivity contribution in [3.63, 3.8) is 0 Å². The van der Waals surface area contributed by atoms with Crippen LogP contribution in [-0.2, 0) is 23.2 Å². The molecule has 0 heterocycles. The van der Waals surface area contributed by atoms with Crippen LogP contribution in [0.5, 0.6) is 11.5 Å². The largest absolute Gasteiger partial charge is 0.489 e. The van der Waals surface area contributed by atoms with Gasteiger partial charge in [-0.25, -0.2) is 13.1 Å². The lowest BCUT2D eigenvalue weighted by molar-refractivity contribution is 0.304. The third-order valence-electron chi connectivity index (χ3n) is 6.93. The maximum Gasteiger partial charge on any atom is 0.241 e. The average molecular weight is 579 g/mol. The first kappa shape index (κ1) is 29.1. The van der Waals surface area contributed by atoms with Gasteiger partial charge >= 0.3 is 0 Å². The van der Waals surface area contributed by atoms with Crippen molar-refractivity contribution in [2.75, 3.05) is 0 Å². The lowest BCUT2D eigenvalue weighted by Gasteiger charge is -2.26. The summed E-state index contributed by atoms with van der Waals surface area (Å²) < 4.78 is 42.1. The minimum Gasteiger partial charge on any atom is -0.489 e. The summed E-state index contributed by atoms with van der Waals surface area (Å²) in [6, 6.07) is 39.8. The highest BCUT2D eigenvalue weighted by Crippen LogP contribution is 2.32. The number of hydrogen-bond acceptors (Lipinski definition) is 5. The van der Waals surface area contributed by atoms with Crippen molar-refractivity contribution in [2.45, 2.75) is 37.1 Å². The van der Waals surface area contributed by atoms with Gasteiger partial charge in [0.2, 0.25) is 10.0 Å². The van der Waals surface area contributed by atoms with E-state index >= 15 is 0 Å². The standard InChI is InChI=1S/C35H34N2O4S/c1-26-18-20-33(21-19-26)42(38,39)37-35(30-15-9-17-32(23-30)41-25-28-12-6-3-7-13-28)34(36)29-14-8-16-31(22-29)40-24-27-10-4-2-5-11-27/h2-23,34-35,37H,24-25,36H2,1H3. The van der Waals surface area contributed by atoms with Gasteiger partial charge in [0.15, 0.2) is 0 Å². The van der Waals surface area contributed by atoms with E-state index in [9.17, 15) is 8.42 Å². The van der Waals surface area contributed by atoms with E-state index in [1.807, 2.05) is 116 Å². The molecule has 3 N–H and O–H groups in total. The number of rotatable bonds is 12. The number of nitrogens with two attached hydrogens (primary N) is 1. The Morgan fingerprint density at radius 2 is 1.14 bits per heavy atom. The van der Waals surface area contributed by atoms with Crippen molar-refractivity contribution >= 4 is 10.0 Å². The van der Waals surface area contributed by atoms with Gasteiger partial charge in [0.25, 0.3) is 0 Å². The SMILES string of the molecule is Cc1ccc(S(=O)(=O)NC(c2cccc(OCc3ccccc3)c2)C(N)c2cccc(OCc3ccccc3)c2)cc1. The molecule has 0 saturated carbocycles. The third kappa shape index (κ3) is 7.64. The number of hydrogen-bond donors (Lipinski definition) is 2. The molecule has 7 heteroatoms. The lowest BCUT2D eigenvalue weighted by atomic mass is 9.94. The molecule has 0 aliphatic rings. The molecular weight excluding hydrogens is 544 g/mol. The first-order valence-corrected chi connectivity index (χ1v) is 15.2. The van der Waals surface area contributed by atoms with Crippen LogP contribution in [0.1, 0.15) is 39.9 Å². The normalized spacial score (nSPS) is 12.8. The van der Waals surface area contributed by atoms with Gasteiger partial charge in [-0.15, -0.1) is 0 Å². The van der Waals surface area contributed by atoms with Gasteiger partial charge in [-0.3, -0.25) is 0 Å². The van der Waals surface area contributed by atoms with Gasteiger partial charge in [0.1, 0.15) is 24.7 Å². The highest BCUT2D eigenvalue weighted by Gasteiger charge is 2.28. The van der Waals surface area contributed by atoms with Crippen molar-refractivity contribution in [3.05, 3.63) is 161 Å². The van der Waals surface area contributed by atoms with Gasteiger partial charge in [-0.2, -0.15) is 0 Å². The Hall–Kier alpha value is -4.43. The fourth-order valence-corrected chi connectivity index (χ4v) is 5.83. The van der Waals surface area contributed by atoms with E-state index in [1.165, 1.54) is 0 Å². The molecule has 0 amide bonds. The molecule has 5 aromatic rings. The van der Waals surface area contributed by atoms with Crippen LogP contribution in [0.3, 0.4) is 0 Å². The molecule has 0 bridgehead atoms. The van der Waals surface area contributed by atoms with E-state index in [0.29, 0.717) is 30.3 Å². The maximum absolute atomic E-state index is 13.6. The van der Waals surface area contributed by atoms with Crippen LogP contribution in [-0.4, -0.2) is 8.42 Å². The van der Waals surface area contributed by atoms with E-state index in [2.05, 4.69) is 4.72 Å². The van der Waals surface area contributed by atoms with Gasteiger partial charge in [0.05, 0.1) is 17.0 Å². The van der Waals surface area contributed by atoms with Gasteiger partial charge in [0, 0.05) is 0 Å². The molecule has 6 nitrogen and oxygen atoms in total. The summed E-state index contributed by atoms with van der Waals surface area (Å²) in [6.07, 6.45) is 0. The van der Waals surface area contributed by atoms with Gasteiger partial charge in [-0.1, -0.05) is 103 Å². The molecule has 42 heavy (non-hydrogen) atoms. The molecule has 5 aromatic carbocycles. The van der Waals surface area contributed by atoms with E-state index in [0.717, 1.165) is 22.3 Å². The molecule has 0 saturated heterocycles. The van der Waals surface area contributed by atoms with Gasteiger partial charge < -0.3 is 15.2 Å². The molecule has 0 fully saturated rings. The molecule has 0 aromatic heterocycles. The Labute approximate surface area is 247 Å². The summed E-state index contributed by atoms with van der Waals surface area (Å²) >= 11 is 0. The molecule has 0 radical (unpaired) electrons. The zero-order valence-corrected chi connectivity index (χ0v) is 24.2. The maximum atomic E-state index is 13.6. The summed E-state index contributed by atoms with van der Waals surface area (Å²) in [6.45, 7) is 2.71. The third-order valence-corrected chi connectivity index (χ3v) is 8.39. The summed E-state index contributed by atoms with van der Waals surface area (Å²) in [5.74, 6) is 1.26. The Kier molecular flexibility index (Phi) is 9.34. The number of sulfonamides is 1. The minimum atomic E-state index is -3.90. The van der Waals surface area contributed by atoms with E-state index in [4.69, 9.17) is 15.2 Å². The molecule has 2 unspecified atom stereocenters. The zero-order chi connectivity index (χ0) is 29.4. The van der Waals surface area contributed by atoms with Crippen LogP contribution < -0.4 is 19.9 Å². The highest BCUT2D eigenvalue weighted by atomic mass is 32.2. The smallest absolute Gasteiger partial charge is 0.241 e. The van der Waals surface area contributed by atoms with Crippen LogP contribution in [0.4, 0.5) is 0 Å². The number of nitrogens with one attached hydrogen (secondary N) is 1. The summed E-state index contributed by atoms with van der Waals surface area (Å²) in [4.78, 5) is 0.168. The molecular formula is C35H34N2O4S. The van der Waals surface area contributed by atoms with Crippen molar-refractivity contribution in [1.29, 1.82) is 0 Å². The van der Waals surface area contributed by atoms with Crippen molar-refractivity contribution in [2.24, 2.45) is 5.73 Å². The molecule has 2 atom stereocenters. The van der Waals surface area contributed by atoms with E-state index < -0.39 is 22.1 Å². The van der Waals surface area contributed by atoms with Crippen LogP contribution >= 0.6 is 0 Å². The highest BCUT2D eigenvalue weighted by molar-refractivity contribution is 7.89. The predicted molar refractivity (Wildman–Crippen MR) is 166 cm³/mol. The Morgan fingerprint density at radius 3 is 1.69 bits per heavy atom. The van der Waals surface area contributed by atoms with E-state index in [1.54, 1.807) is 24.3 Å². The second-order valence-electron chi connectivity index (χ2n) is 10.1. The van der Waals surface area contributed by atoms with Crippen LogP contribution in [0.25, 0.3) is 0 Å². The fraction of sp³-hybridized carbons (Fsp3) is 0.143. The van der Waals surface area contributed by atoms with Crippen LogP contribution in [0.2, 0.25) is 0 Å². The van der Waals surface area contributed by atoms with Crippen molar-refractivity contribution in [1.82, 2.24) is 4.72 Å². The topological polar surface area (TPSA) is 90.7 Å². The second kappa shape index (κ2) is 13.5. The summed E-state index contributed by atoms with van der Waals surface area (Å²) in [7, 11) is -3.90. The Balaban J connectivity index is 1.43. The molecule has 0 spiro atoms. The molecule has 5 rings (SSSR count). The van der Waals surface area contributed by atoms with Crippen LogP contribution in [0.15, 0.2) is 138 Å². The second-order valence-corrected chi connectivity index (χ2v) is 11.8. The molecule has 214 valence electrons. The first-order valence-electron chi connectivity index (χ1n) is 13.8. The summed E-state index contributed by atoms with van der Waals surface area (Å²) in [5.41, 5.74) is 11.3. The average Bonchev–Trinajstić information content (AvgIpc) is 3.03. The monoisotopic (exact) mass is 578 g/mol. The Bertz CT molecular complexity index is 1690. The first-order chi connectivity index (χ1) is 20.4. The molecule has 0 aliphatic heterocycles. The van der Waals surface area contributed by atoms with Gasteiger partial charge in [-0.05, 0) is 65.6 Å². The minimum absolute atomic E-state index is 0.168. The summed E-state index contributed by atoms with van der Waals surface area (Å²) in [5, 5.41) is 0. The van der Waals surface area contributed by atoms with Crippen LogP contribution in [0, 0.1) is 6.92 Å². The number of aryl methyl sites for hydroxylation is 1.